The number of allylic oxidation sites excluding steroid dienone is 3. The second-order valence-corrected chi connectivity index (χ2v) is 5.09. The SMILES string of the molecule is CC1C=CC(S(=O)(=O)[O-])=CC1.c1cc[nH+]cc1. The maximum Gasteiger partial charge on any atom is 0.166 e. The van der Waals surface area contributed by atoms with Crippen LogP contribution in [0.25, 0.3) is 0 Å². The molecule has 4 nitrogen and oxygen atoms in total. The largest absolute Gasteiger partial charge is 0.744 e. The van der Waals surface area contributed by atoms with Gasteiger partial charge in [-0.2, -0.15) is 0 Å². The van der Waals surface area contributed by atoms with Crippen molar-refractivity contribution in [2.24, 2.45) is 5.92 Å². The zero-order chi connectivity index (χ0) is 12.7. The molecule has 0 aliphatic heterocycles. The van der Waals surface area contributed by atoms with Gasteiger partial charge in [0.1, 0.15) is 10.1 Å². The number of nitrogens with one attached hydrogen (secondary N) is 1. The maximum absolute atomic E-state index is 10.4. The van der Waals surface area contributed by atoms with Gasteiger partial charge in [0.25, 0.3) is 0 Å². The predicted octanol–water partition coefficient (Wildman–Crippen LogP) is 1.51. The van der Waals surface area contributed by atoms with E-state index < -0.39 is 10.1 Å². The molecule has 1 aromatic heterocycles. The van der Waals surface area contributed by atoms with E-state index in [0.29, 0.717) is 12.3 Å². The molecule has 1 aliphatic carbocycles. The van der Waals surface area contributed by atoms with E-state index in [9.17, 15) is 13.0 Å². The van der Waals surface area contributed by atoms with Crippen LogP contribution in [0.5, 0.6) is 0 Å². The Bertz CT molecular complexity index is 465. The van der Waals surface area contributed by atoms with E-state index in [1.165, 1.54) is 12.2 Å². The van der Waals surface area contributed by atoms with Crippen molar-refractivity contribution in [3.63, 3.8) is 0 Å². The molecule has 0 bridgehead atoms. The highest BCUT2D eigenvalue weighted by molar-refractivity contribution is 7.89. The molecule has 1 atom stereocenters. The first-order valence-electron chi connectivity index (χ1n) is 5.25. The average molecular weight is 253 g/mol. The Labute approximate surface area is 101 Å². The number of aromatic nitrogens is 1. The van der Waals surface area contributed by atoms with E-state index in [2.05, 4.69) is 4.98 Å². The Hall–Kier alpha value is -1.46. The van der Waals surface area contributed by atoms with Crippen LogP contribution in [0.15, 0.2) is 53.7 Å². The summed E-state index contributed by atoms with van der Waals surface area (Å²) in [5.41, 5.74) is 0. The van der Waals surface area contributed by atoms with Crippen LogP contribution in [0, 0.1) is 5.92 Å². The fraction of sp³-hybridized carbons (Fsp3) is 0.250. The van der Waals surface area contributed by atoms with Crippen molar-refractivity contribution in [1.82, 2.24) is 0 Å². The van der Waals surface area contributed by atoms with Gasteiger partial charge in [-0.15, -0.1) is 0 Å². The van der Waals surface area contributed by atoms with Gasteiger partial charge in [-0.05, 0) is 18.4 Å². The van der Waals surface area contributed by atoms with Crippen molar-refractivity contribution >= 4 is 10.1 Å². The Morgan fingerprint density at radius 2 is 1.94 bits per heavy atom. The first-order valence-corrected chi connectivity index (χ1v) is 6.66. The molecule has 1 unspecified atom stereocenters. The maximum atomic E-state index is 10.4. The van der Waals surface area contributed by atoms with Crippen LogP contribution in [0.1, 0.15) is 13.3 Å². The van der Waals surface area contributed by atoms with Crippen molar-refractivity contribution in [1.29, 1.82) is 0 Å². The van der Waals surface area contributed by atoms with Gasteiger partial charge in [-0.3, -0.25) is 0 Å². The monoisotopic (exact) mass is 253 g/mol. The average Bonchev–Trinajstić information content (AvgIpc) is 2.31. The summed E-state index contributed by atoms with van der Waals surface area (Å²) in [5, 5.41) is 0. The normalized spacial score (nSPS) is 18.9. The lowest BCUT2D eigenvalue weighted by Gasteiger charge is -2.13. The summed E-state index contributed by atoms with van der Waals surface area (Å²) in [6.45, 7) is 1.96. The van der Waals surface area contributed by atoms with Gasteiger partial charge in [-0.1, -0.05) is 25.1 Å². The van der Waals surface area contributed by atoms with Crippen molar-refractivity contribution in [3.05, 3.63) is 53.7 Å². The van der Waals surface area contributed by atoms with Crippen molar-refractivity contribution < 1.29 is 18.0 Å². The lowest BCUT2D eigenvalue weighted by atomic mass is 10.0. The van der Waals surface area contributed by atoms with E-state index in [0.717, 1.165) is 0 Å². The zero-order valence-electron chi connectivity index (χ0n) is 9.54. The summed E-state index contributed by atoms with van der Waals surface area (Å²) in [4.78, 5) is 2.79. The minimum absolute atomic E-state index is 0.101. The molecule has 2 rings (SSSR count). The van der Waals surface area contributed by atoms with Gasteiger partial charge in [-0.25, -0.2) is 13.4 Å². The number of aromatic amines is 1. The molecule has 0 amide bonds. The first kappa shape index (κ1) is 13.6. The number of pyridine rings is 1. The molecular weight excluding hydrogens is 238 g/mol. The summed E-state index contributed by atoms with van der Waals surface area (Å²) in [6, 6.07) is 5.86. The van der Waals surface area contributed by atoms with E-state index >= 15 is 0 Å². The summed E-state index contributed by atoms with van der Waals surface area (Å²) in [6.07, 6.45) is 8.95. The Morgan fingerprint density at radius 3 is 2.24 bits per heavy atom. The summed E-state index contributed by atoms with van der Waals surface area (Å²) < 4.78 is 31.3. The molecule has 0 fully saturated rings. The van der Waals surface area contributed by atoms with E-state index in [1.54, 1.807) is 6.08 Å². The second-order valence-electron chi connectivity index (χ2n) is 3.71. The third-order valence-electron chi connectivity index (χ3n) is 2.18. The molecule has 0 radical (unpaired) electrons. The lowest BCUT2D eigenvalue weighted by molar-refractivity contribution is -0.377. The van der Waals surface area contributed by atoms with Gasteiger partial charge >= 0.3 is 0 Å². The molecule has 0 spiro atoms. The number of hydrogen-bond acceptors (Lipinski definition) is 3. The Kier molecular flexibility index (Phi) is 5.06. The minimum Gasteiger partial charge on any atom is -0.744 e. The molecule has 0 aromatic carbocycles. The fourth-order valence-corrected chi connectivity index (χ4v) is 1.78. The van der Waals surface area contributed by atoms with E-state index in [-0.39, 0.29) is 4.91 Å². The van der Waals surface area contributed by atoms with Crippen LogP contribution >= 0.6 is 0 Å². The summed E-state index contributed by atoms with van der Waals surface area (Å²) in [7, 11) is -4.22. The summed E-state index contributed by atoms with van der Waals surface area (Å²) >= 11 is 0. The van der Waals surface area contributed by atoms with Crippen LogP contribution in [0.2, 0.25) is 0 Å². The molecule has 0 saturated carbocycles. The number of H-pyrrole nitrogens is 1. The molecule has 1 N–H and O–H groups in total. The fourth-order valence-electron chi connectivity index (χ4n) is 1.24. The molecule has 92 valence electrons. The predicted molar refractivity (Wildman–Crippen MR) is 63.7 cm³/mol. The van der Waals surface area contributed by atoms with Crippen LogP contribution in [0.3, 0.4) is 0 Å². The molecule has 1 heterocycles. The lowest BCUT2D eigenvalue weighted by Crippen LogP contribution is -2.04. The van der Waals surface area contributed by atoms with Gasteiger partial charge in [0.15, 0.2) is 12.4 Å². The third-order valence-corrected chi connectivity index (χ3v) is 3.06. The van der Waals surface area contributed by atoms with E-state index in [1.807, 2.05) is 37.5 Å². The molecule has 0 saturated heterocycles. The third kappa shape index (κ3) is 5.42. The van der Waals surface area contributed by atoms with Crippen LogP contribution in [-0.2, 0) is 10.1 Å². The van der Waals surface area contributed by atoms with Crippen molar-refractivity contribution in [2.75, 3.05) is 0 Å². The van der Waals surface area contributed by atoms with Crippen LogP contribution in [0.4, 0.5) is 0 Å². The zero-order valence-corrected chi connectivity index (χ0v) is 10.4. The van der Waals surface area contributed by atoms with Crippen LogP contribution in [-0.4, -0.2) is 13.0 Å². The van der Waals surface area contributed by atoms with Gasteiger partial charge in [0.2, 0.25) is 0 Å². The Morgan fingerprint density at radius 1 is 1.29 bits per heavy atom. The van der Waals surface area contributed by atoms with E-state index in [4.69, 9.17) is 0 Å². The van der Waals surface area contributed by atoms with Gasteiger partial charge < -0.3 is 4.55 Å². The van der Waals surface area contributed by atoms with Crippen molar-refractivity contribution in [2.45, 2.75) is 13.3 Å². The van der Waals surface area contributed by atoms with Gasteiger partial charge in [0, 0.05) is 12.1 Å². The van der Waals surface area contributed by atoms with Gasteiger partial charge in [0.05, 0.1) is 4.91 Å². The molecular formula is C12H15NO3S. The quantitative estimate of drug-likeness (QED) is 0.712. The second kappa shape index (κ2) is 6.32. The highest BCUT2D eigenvalue weighted by atomic mass is 32.2. The molecule has 17 heavy (non-hydrogen) atoms. The molecule has 1 aliphatic rings. The standard InChI is InChI=1S/C7H10O3S.C5H5N/c1-6-2-4-7(5-3-6)11(8,9)10;1-2-4-6-5-3-1/h2,4-6H,3H2,1H3,(H,8,9,10);1-5H. The number of rotatable bonds is 1. The Balaban J connectivity index is 0.000000202. The minimum atomic E-state index is -4.22. The number of hydrogen-bond donors (Lipinski definition) is 0. The molecule has 1 aromatic rings. The smallest absolute Gasteiger partial charge is 0.166 e. The highest BCUT2D eigenvalue weighted by Crippen LogP contribution is 2.18. The first-order chi connectivity index (χ1) is 8.00. The highest BCUT2D eigenvalue weighted by Gasteiger charge is 2.07. The topological polar surface area (TPSA) is 71.3 Å². The summed E-state index contributed by atoms with van der Waals surface area (Å²) in [5.74, 6) is 0.334. The van der Waals surface area contributed by atoms with Crippen LogP contribution < -0.4 is 4.98 Å². The molecule has 5 heteroatoms. The van der Waals surface area contributed by atoms with Crippen molar-refractivity contribution in [3.8, 4) is 0 Å².